The van der Waals surface area contributed by atoms with Crippen molar-refractivity contribution < 1.29 is 0 Å². The zero-order valence-corrected chi connectivity index (χ0v) is 11.7. The summed E-state index contributed by atoms with van der Waals surface area (Å²) in [6.45, 7) is 10.7. The highest BCUT2D eigenvalue weighted by Gasteiger charge is 2.00. The Morgan fingerprint density at radius 2 is 2.07 bits per heavy atom. The fourth-order valence-corrected chi connectivity index (χ4v) is 1.89. The zero-order valence-electron chi connectivity index (χ0n) is 10.7. The summed E-state index contributed by atoms with van der Waals surface area (Å²) in [5.41, 5.74) is 0. The van der Waals surface area contributed by atoms with Crippen LogP contribution in [-0.4, -0.2) is 37.0 Å². The Kier molecular flexibility index (Phi) is 10.2. The summed E-state index contributed by atoms with van der Waals surface area (Å²) < 4.78 is 0. The van der Waals surface area contributed by atoms with Crippen LogP contribution >= 0.6 is 8.58 Å². The van der Waals surface area contributed by atoms with Crippen LogP contribution in [0.2, 0.25) is 0 Å². The van der Waals surface area contributed by atoms with Crippen LogP contribution in [0.1, 0.15) is 40.0 Å². The van der Waals surface area contributed by atoms with Crippen LogP contribution in [0.15, 0.2) is 10.3 Å². The van der Waals surface area contributed by atoms with Crippen molar-refractivity contribution in [3.05, 3.63) is 0 Å². The first kappa shape index (κ1) is 14.8. The predicted molar refractivity (Wildman–Crippen MR) is 70.2 cm³/mol. The summed E-state index contributed by atoms with van der Waals surface area (Å²) in [7, 11) is 1.03. The third-order valence-corrected chi connectivity index (χ3v) is 3.11. The van der Waals surface area contributed by atoms with Gasteiger partial charge in [-0.25, -0.2) is 0 Å². The molecule has 0 saturated heterocycles. The lowest BCUT2D eigenvalue weighted by atomic mass is 10.3. The van der Waals surface area contributed by atoms with Crippen molar-refractivity contribution in [2.45, 2.75) is 46.1 Å². The fraction of sp³-hybridized carbons (Fsp3) is 1.00. The molecule has 0 bridgehead atoms. The van der Waals surface area contributed by atoms with E-state index in [1.165, 1.54) is 25.4 Å². The fourth-order valence-electron chi connectivity index (χ4n) is 1.18. The van der Waals surface area contributed by atoms with Gasteiger partial charge in [0.25, 0.3) is 0 Å². The second-order valence-corrected chi connectivity index (χ2v) is 5.05. The van der Waals surface area contributed by atoms with Gasteiger partial charge in [-0.2, -0.15) is 5.11 Å². The van der Waals surface area contributed by atoms with E-state index in [2.05, 4.69) is 42.8 Å². The Labute approximate surface area is 96.5 Å². The zero-order chi connectivity index (χ0) is 11.5. The molecule has 0 radical (unpaired) electrons. The molecule has 4 heteroatoms. The molecule has 15 heavy (non-hydrogen) atoms. The Morgan fingerprint density at radius 3 is 2.60 bits per heavy atom. The summed E-state index contributed by atoms with van der Waals surface area (Å²) in [4.78, 5) is 0. The minimum absolute atomic E-state index is 0.383. The Morgan fingerprint density at radius 1 is 1.33 bits per heavy atom. The highest BCUT2D eigenvalue weighted by molar-refractivity contribution is 7.36. The molecule has 0 saturated carbocycles. The molecule has 0 aliphatic rings. The van der Waals surface area contributed by atoms with Crippen molar-refractivity contribution in [2.24, 2.45) is 10.3 Å². The molecule has 0 amide bonds. The van der Waals surface area contributed by atoms with Gasteiger partial charge in [0.1, 0.15) is 0 Å². The molecule has 0 fully saturated rings. The number of unbranched alkanes of at least 4 members (excludes halogenated alkanes) is 1. The molecule has 0 aromatic rings. The predicted octanol–water partition coefficient (Wildman–Crippen LogP) is 3.56. The van der Waals surface area contributed by atoms with Crippen molar-refractivity contribution in [3.63, 3.8) is 0 Å². The minimum atomic E-state index is 0.383. The van der Waals surface area contributed by atoms with E-state index in [0.29, 0.717) is 6.04 Å². The molecule has 0 heterocycles. The van der Waals surface area contributed by atoms with E-state index in [9.17, 15) is 0 Å². The molecular formula is C11H26N3P. The summed E-state index contributed by atoms with van der Waals surface area (Å²) >= 11 is 0. The highest BCUT2D eigenvalue weighted by atomic mass is 31.1. The van der Waals surface area contributed by atoms with Crippen LogP contribution in [-0.2, 0) is 0 Å². The lowest BCUT2D eigenvalue weighted by molar-refractivity contribution is 0.270. The van der Waals surface area contributed by atoms with Gasteiger partial charge in [0.05, 0.1) is 6.04 Å². The van der Waals surface area contributed by atoms with E-state index >= 15 is 0 Å². The molecule has 0 spiro atoms. The van der Waals surface area contributed by atoms with Gasteiger partial charge < -0.3 is 0 Å². The average Bonchev–Trinajstić information content (AvgIpc) is 2.26. The topological polar surface area (TPSA) is 28.0 Å². The molecule has 2 unspecified atom stereocenters. The molecule has 0 rings (SSSR count). The first-order valence-electron chi connectivity index (χ1n) is 6.04. The van der Waals surface area contributed by atoms with Crippen molar-refractivity contribution in [2.75, 3.05) is 25.9 Å². The Bertz CT molecular complexity index is 162. The summed E-state index contributed by atoms with van der Waals surface area (Å²) in [5.74, 6) is 0. The van der Waals surface area contributed by atoms with Crippen LogP contribution < -0.4 is 0 Å². The summed E-state index contributed by atoms with van der Waals surface area (Å²) in [6.07, 6.45) is 4.88. The third kappa shape index (κ3) is 8.80. The van der Waals surface area contributed by atoms with E-state index in [0.717, 1.165) is 21.7 Å². The Hall–Kier alpha value is -0.170. The number of hydrogen-bond acceptors (Lipinski definition) is 2. The number of rotatable bonds is 9. The van der Waals surface area contributed by atoms with E-state index in [4.69, 9.17) is 0 Å². The van der Waals surface area contributed by atoms with E-state index < -0.39 is 0 Å². The van der Waals surface area contributed by atoms with Gasteiger partial charge in [-0.3, -0.25) is 5.01 Å². The normalized spacial score (nSPS) is 14.1. The van der Waals surface area contributed by atoms with Crippen molar-refractivity contribution >= 4 is 8.58 Å². The van der Waals surface area contributed by atoms with Crippen molar-refractivity contribution in [3.8, 4) is 0 Å². The van der Waals surface area contributed by atoms with Gasteiger partial charge in [0.15, 0.2) is 0 Å². The second kappa shape index (κ2) is 10.4. The van der Waals surface area contributed by atoms with E-state index in [1.54, 1.807) is 0 Å². The van der Waals surface area contributed by atoms with E-state index in [1.807, 2.05) is 0 Å². The van der Waals surface area contributed by atoms with Crippen LogP contribution in [0.3, 0.4) is 0 Å². The van der Waals surface area contributed by atoms with Crippen LogP contribution in [0.4, 0.5) is 0 Å². The van der Waals surface area contributed by atoms with Gasteiger partial charge in [0.2, 0.25) is 0 Å². The first-order chi connectivity index (χ1) is 7.24. The molecule has 0 N–H and O–H groups in total. The van der Waals surface area contributed by atoms with Crippen LogP contribution in [0, 0.1) is 0 Å². The minimum Gasteiger partial charge on any atom is -0.279 e. The summed E-state index contributed by atoms with van der Waals surface area (Å²) in [5, 5.41) is 10.7. The monoisotopic (exact) mass is 231 g/mol. The SMILES string of the molecule is CCCCN(CC)N=NC(C)CCPC. The quantitative estimate of drug-likeness (QED) is 0.339. The first-order valence-corrected chi connectivity index (χ1v) is 7.75. The standard InChI is InChI=1S/C11H26N3P/c1-5-7-9-14(6-2)13-12-11(3)8-10-15-4/h11,15H,5-10H2,1-4H3. The van der Waals surface area contributed by atoms with Gasteiger partial charge in [-0.05, 0) is 39.5 Å². The lowest BCUT2D eigenvalue weighted by Crippen LogP contribution is -2.18. The average molecular weight is 231 g/mol. The molecule has 3 nitrogen and oxygen atoms in total. The smallest absolute Gasteiger partial charge is 0.0704 e. The van der Waals surface area contributed by atoms with Crippen LogP contribution in [0.5, 0.6) is 0 Å². The van der Waals surface area contributed by atoms with Crippen LogP contribution in [0.25, 0.3) is 0 Å². The molecule has 0 aliphatic carbocycles. The van der Waals surface area contributed by atoms with Gasteiger partial charge in [-0.1, -0.05) is 18.6 Å². The third-order valence-electron chi connectivity index (χ3n) is 2.32. The van der Waals surface area contributed by atoms with Gasteiger partial charge >= 0.3 is 0 Å². The largest absolute Gasteiger partial charge is 0.279 e. The maximum Gasteiger partial charge on any atom is 0.0704 e. The van der Waals surface area contributed by atoms with E-state index in [-0.39, 0.29) is 0 Å². The molecule has 90 valence electrons. The molecule has 0 aromatic heterocycles. The molecule has 0 aromatic carbocycles. The lowest BCUT2D eigenvalue weighted by Gasteiger charge is -2.15. The number of nitrogens with zero attached hydrogens (tertiary/aromatic N) is 3. The van der Waals surface area contributed by atoms with Crippen molar-refractivity contribution in [1.82, 2.24) is 5.01 Å². The highest BCUT2D eigenvalue weighted by Crippen LogP contribution is 2.09. The molecular weight excluding hydrogens is 205 g/mol. The van der Waals surface area contributed by atoms with Gasteiger partial charge in [0, 0.05) is 13.1 Å². The molecule has 0 aliphatic heterocycles. The summed E-state index contributed by atoms with van der Waals surface area (Å²) in [6, 6.07) is 0.383. The van der Waals surface area contributed by atoms with Crippen molar-refractivity contribution in [1.29, 1.82) is 0 Å². The number of hydrogen-bond donors (Lipinski definition) is 0. The maximum atomic E-state index is 4.34. The maximum absolute atomic E-state index is 4.34. The molecule has 2 atom stereocenters. The van der Waals surface area contributed by atoms with Gasteiger partial charge in [-0.15, -0.1) is 8.58 Å². The Balaban J connectivity index is 3.76. The second-order valence-electron chi connectivity index (χ2n) is 3.85.